The van der Waals surface area contributed by atoms with Crippen LogP contribution in [-0.2, 0) is 28.5 Å². The van der Waals surface area contributed by atoms with E-state index >= 15 is 0 Å². The Morgan fingerprint density at radius 3 is 2.55 bits per heavy atom. The molecule has 2 aliphatic heterocycles. The number of ether oxygens (including phenoxy) is 1. The highest BCUT2D eigenvalue weighted by Crippen LogP contribution is 2.34. The molecule has 2 saturated heterocycles. The van der Waals surface area contributed by atoms with Gasteiger partial charge in [-0.25, -0.2) is 9.97 Å². The van der Waals surface area contributed by atoms with Crippen LogP contribution in [0.5, 0.6) is 0 Å². The maximum absolute atomic E-state index is 13.6. The first-order chi connectivity index (χ1) is 18.1. The number of fused-ring (bicyclic) bond motifs is 1. The van der Waals surface area contributed by atoms with E-state index in [1.807, 2.05) is 29.3 Å². The molecular formula is C27H33F3N6O2. The summed E-state index contributed by atoms with van der Waals surface area (Å²) in [6.07, 6.45) is -0.631. The Morgan fingerprint density at radius 1 is 1.16 bits per heavy atom. The second kappa shape index (κ2) is 10.5. The van der Waals surface area contributed by atoms with E-state index in [0.717, 1.165) is 11.9 Å². The standard InChI is InChI=1S/C27H33F3N6O2/c1-17-14-35(15-18(2)32-17)26(37)12-22-23(11-20-5-4-6-21(19(20)3)27(28,29)30)36-16-25(31-13-24(36)33-22)34-7-9-38-10-8-34/h4-6,13,16-18,32H,7-12,14-15H2,1-3H3/t17-,18+. The Hall–Kier alpha value is -3.18. The summed E-state index contributed by atoms with van der Waals surface area (Å²) in [5.74, 6) is 0.694. The van der Waals surface area contributed by atoms with E-state index in [-0.39, 0.29) is 36.4 Å². The van der Waals surface area contributed by atoms with E-state index in [2.05, 4.69) is 15.2 Å². The van der Waals surface area contributed by atoms with E-state index < -0.39 is 11.7 Å². The van der Waals surface area contributed by atoms with Crippen LogP contribution in [0.2, 0.25) is 0 Å². The normalized spacial score (nSPS) is 20.8. The van der Waals surface area contributed by atoms with Crippen molar-refractivity contribution >= 4 is 17.4 Å². The lowest BCUT2D eigenvalue weighted by molar-refractivity contribution is -0.138. The average Bonchev–Trinajstić information content (AvgIpc) is 3.20. The number of morpholine rings is 1. The lowest BCUT2D eigenvalue weighted by atomic mass is 9.97. The van der Waals surface area contributed by atoms with Crippen molar-refractivity contribution in [2.45, 2.75) is 51.9 Å². The first-order valence-electron chi connectivity index (χ1n) is 13.0. The van der Waals surface area contributed by atoms with Gasteiger partial charge in [-0.15, -0.1) is 0 Å². The number of anilines is 1. The zero-order valence-corrected chi connectivity index (χ0v) is 21.9. The largest absolute Gasteiger partial charge is 0.416 e. The maximum atomic E-state index is 13.6. The van der Waals surface area contributed by atoms with Crippen LogP contribution in [0, 0.1) is 6.92 Å². The van der Waals surface area contributed by atoms with Crippen molar-refractivity contribution in [1.29, 1.82) is 0 Å². The molecule has 5 rings (SSSR count). The van der Waals surface area contributed by atoms with Gasteiger partial charge in [0.15, 0.2) is 5.65 Å². The smallest absolute Gasteiger partial charge is 0.378 e. The molecule has 0 bridgehead atoms. The summed E-state index contributed by atoms with van der Waals surface area (Å²) >= 11 is 0. The van der Waals surface area contributed by atoms with Gasteiger partial charge in [0, 0.05) is 44.7 Å². The Morgan fingerprint density at radius 2 is 1.87 bits per heavy atom. The summed E-state index contributed by atoms with van der Waals surface area (Å²) in [5.41, 5.74) is 1.90. The molecule has 4 heterocycles. The summed E-state index contributed by atoms with van der Waals surface area (Å²) in [6.45, 7) is 9.37. The Labute approximate surface area is 219 Å². The summed E-state index contributed by atoms with van der Waals surface area (Å²) in [5, 5.41) is 3.43. The molecule has 0 radical (unpaired) electrons. The van der Waals surface area contributed by atoms with E-state index in [1.165, 1.54) is 13.0 Å². The zero-order chi connectivity index (χ0) is 27.0. The van der Waals surface area contributed by atoms with Crippen LogP contribution in [0.3, 0.4) is 0 Å². The summed E-state index contributed by atoms with van der Waals surface area (Å²) < 4.78 is 48.3. The molecule has 8 nitrogen and oxygen atoms in total. The van der Waals surface area contributed by atoms with Gasteiger partial charge in [-0.3, -0.25) is 9.20 Å². The van der Waals surface area contributed by atoms with Gasteiger partial charge >= 0.3 is 6.18 Å². The Balaban J connectivity index is 1.54. The van der Waals surface area contributed by atoms with E-state index in [4.69, 9.17) is 9.72 Å². The highest BCUT2D eigenvalue weighted by atomic mass is 19.4. The molecule has 1 N–H and O–H groups in total. The summed E-state index contributed by atoms with van der Waals surface area (Å²) in [6, 6.07) is 4.60. The van der Waals surface area contributed by atoms with E-state index in [0.29, 0.717) is 62.0 Å². The first kappa shape index (κ1) is 26.4. The number of hydrogen-bond donors (Lipinski definition) is 1. The number of imidazole rings is 1. The monoisotopic (exact) mass is 530 g/mol. The van der Waals surface area contributed by atoms with Gasteiger partial charge in [-0.05, 0) is 38.0 Å². The van der Waals surface area contributed by atoms with E-state index in [9.17, 15) is 18.0 Å². The van der Waals surface area contributed by atoms with Crippen molar-refractivity contribution in [2.75, 3.05) is 44.3 Å². The minimum Gasteiger partial charge on any atom is -0.378 e. The number of halogens is 3. The van der Waals surface area contributed by atoms with Crippen molar-refractivity contribution in [3.8, 4) is 0 Å². The number of carbonyl (C=O) groups excluding carboxylic acids is 1. The third-order valence-electron chi connectivity index (χ3n) is 7.35. The van der Waals surface area contributed by atoms with Gasteiger partial charge < -0.3 is 19.9 Å². The number of amides is 1. The quantitative estimate of drug-likeness (QED) is 0.546. The molecule has 2 fully saturated rings. The van der Waals surface area contributed by atoms with Gasteiger partial charge in [-0.2, -0.15) is 13.2 Å². The molecule has 0 spiro atoms. The van der Waals surface area contributed by atoms with Gasteiger partial charge in [0.25, 0.3) is 0 Å². The number of nitrogens with one attached hydrogen (secondary N) is 1. The van der Waals surface area contributed by atoms with Crippen LogP contribution in [0.15, 0.2) is 30.6 Å². The fraction of sp³-hybridized carbons (Fsp3) is 0.519. The lowest BCUT2D eigenvalue weighted by Gasteiger charge is -2.36. The maximum Gasteiger partial charge on any atom is 0.416 e. The summed E-state index contributed by atoms with van der Waals surface area (Å²) in [4.78, 5) is 26.6. The number of carbonyl (C=O) groups is 1. The number of benzene rings is 1. The highest BCUT2D eigenvalue weighted by Gasteiger charge is 2.33. The van der Waals surface area contributed by atoms with Crippen LogP contribution in [0.25, 0.3) is 5.65 Å². The molecule has 3 aromatic rings. The van der Waals surface area contributed by atoms with Gasteiger partial charge in [0.05, 0.1) is 49.0 Å². The second-order valence-corrected chi connectivity index (χ2v) is 10.3. The molecule has 2 aliphatic rings. The van der Waals surface area contributed by atoms with Crippen LogP contribution < -0.4 is 10.2 Å². The number of hydrogen-bond acceptors (Lipinski definition) is 6. The molecule has 0 saturated carbocycles. The minimum absolute atomic E-state index is 0.0445. The zero-order valence-electron chi connectivity index (χ0n) is 21.9. The third-order valence-corrected chi connectivity index (χ3v) is 7.35. The topological polar surface area (TPSA) is 75.0 Å². The first-order valence-corrected chi connectivity index (χ1v) is 13.0. The molecule has 0 unspecified atom stereocenters. The molecule has 1 aromatic carbocycles. The Bertz CT molecular complexity index is 1310. The van der Waals surface area contributed by atoms with Crippen molar-refractivity contribution in [3.63, 3.8) is 0 Å². The third kappa shape index (κ3) is 5.49. The molecule has 204 valence electrons. The van der Waals surface area contributed by atoms with Crippen LogP contribution >= 0.6 is 0 Å². The molecule has 0 aliphatic carbocycles. The molecule has 38 heavy (non-hydrogen) atoms. The number of aromatic nitrogens is 3. The van der Waals surface area contributed by atoms with Crippen molar-refractivity contribution in [3.05, 3.63) is 58.7 Å². The van der Waals surface area contributed by atoms with Crippen LogP contribution in [0.1, 0.15) is 41.9 Å². The van der Waals surface area contributed by atoms with E-state index in [1.54, 1.807) is 12.3 Å². The second-order valence-electron chi connectivity index (χ2n) is 10.3. The van der Waals surface area contributed by atoms with Crippen molar-refractivity contribution < 1.29 is 22.7 Å². The fourth-order valence-corrected chi connectivity index (χ4v) is 5.47. The average molecular weight is 531 g/mol. The fourth-order valence-electron chi connectivity index (χ4n) is 5.47. The highest BCUT2D eigenvalue weighted by molar-refractivity contribution is 5.79. The van der Waals surface area contributed by atoms with Crippen LogP contribution in [-0.4, -0.2) is 76.7 Å². The number of alkyl halides is 3. The minimum atomic E-state index is -4.44. The van der Waals surface area contributed by atoms with Gasteiger partial charge in [-0.1, -0.05) is 12.1 Å². The predicted molar refractivity (Wildman–Crippen MR) is 137 cm³/mol. The Kier molecular flexibility index (Phi) is 7.32. The van der Waals surface area contributed by atoms with Crippen LogP contribution in [0.4, 0.5) is 19.0 Å². The number of piperazine rings is 1. The molecule has 2 aromatic heterocycles. The van der Waals surface area contributed by atoms with Gasteiger partial charge in [0.1, 0.15) is 5.82 Å². The SMILES string of the molecule is Cc1c(Cc2c(CC(=O)N3C[C@@H](C)N[C@@H](C)C3)nc3cnc(N4CCOCC4)cn23)cccc1C(F)(F)F. The molecule has 2 atom stereocenters. The number of rotatable bonds is 5. The molecule has 1 amide bonds. The van der Waals surface area contributed by atoms with Crippen molar-refractivity contribution in [2.24, 2.45) is 0 Å². The molecule has 11 heteroatoms. The number of nitrogens with zero attached hydrogens (tertiary/aromatic N) is 5. The lowest BCUT2D eigenvalue weighted by Crippen LogP contribution is -2.56. The predicted octanol–water partition coefficient (Wildman–Crippen LogP) is 3.24. The molecular weight excluding hydrogens is 497 g/mol. The van der Waals surface area contributed by atoms with Crippen molar-refractivity contribution in [1.82, 2.24) is 24.6 Å². The summed E-state index contributed by atoms with van der Waals surface area (Å²) in [7, 11) is 0. The van der Waals surface area contributed by atoms with Gasteiger partial charge in [0.2, 0.25) is 5.91 Å².